The van der Waals surface area contributed by atoms with Crippen molar-refractivity contribution in [2.75, 3.05) is 11.9 Å². The van der Waals surface area contributed by atoms with E-state index in [1.54, 1.807) is 0 Å². The van der Waals surface area contributed by atoms with Crippen LogP contribution in [0.1, 0.15) is 47.3 Å². The van der Waals surface area contributed by atoms with E-state index in [2.05, 4.69) is 67.1 Å². The number of aryl methyl sites for hydroxylation is 2. The first kappa shape index (κ1) is 22.0. The van der Waals surface area contributed by atoms with Crippen LogP contribution in [0.4, 0.5) is 5.69 Å². The maximum Gasteiger partial charge on any atom is 0.304 e. The summed E-state index contributed by atoms with van der Waals surface area (Å²) in [5.41, 5.74) is 8.91. The fraction of sp³-hybridized carbons (Fsp3) is 0.286. The molecule has 3 aromatic carbocycles. The molecule has 2 N–H and O–H groups in total. The number of nitrogens with one attached hydrogen (secondary N) is 1. The van der Waals surface area contributed by atoms with E-state index in [-0.39, 0.29) is 12.3 Å². The number of aromatic nitrogens is 2. The van der Waals surface area contributed by atoms with Crippen molar-refractivity contribution in [2.24, 2.45) is 0 Å². The van der Waals surface area contributed by atoms with E-state index in [1.807, 2.05) is 18.2 Å². The van der Waals surface area contributed by atoms with Gasteiger partial charge in [-0.05, 0) is 48.7 Å². The number of aliphatic carboxylic acids is 1. The average molecular weight is 456 g/mol. The van der Waals surface area contributed by atoms with E-state index < -0.39 is 5.97 Å². The van der Waals surface area contributed by atoms with Gasteiger partial charge in [0, 0.05) is 36.2 Å². The van der Waals surface area contributed by atoms with Gasteiger partial charge >= 0.3 is 5.97 Å². The maximum atomic E-state index is 11.1. The number of hydrogen-bond acceptors (Lipinski definition) is 4. The Bertz CT molecular complexity index is 1390. The largest absolute Gasteiger partial charge is 0.493 e. The monoisotopic (exact) mass is 455 g/mol. The quantitative estimate of drug-likeness (QED) is 0.370. The highest BCUT2D eigenvalue weighted by Crippen LogP contribution is 2.38. The van der Waals surface area contributed by atoms with Crippen molar-refractivity contribution in [1.82, 2.24) is 9.55 Å². The highest BCUT2D eigenvalue weighted by atomic mass is 16.5. The molecule has 4 aromatic rings. The second kappa shape index (κ2) is 8.86. The third kappa shape index (κ3) is 3.89. The Morgan fingerprint density at radius 2 is 2.00 bits per heavy atom. The summed E-state index contributed by atoms with van der Waals surface area (Å²) in [4.78, 5) is 16.0. The van der Waals surface area contributed by atoms with E-state index in [4.69, 9.17) is 14.8 Å². The lowest BCUT2D eigenvalue weighted by molar-refractivity contribution is -0.137. The number of benzene rings is 3. The maximum absolute atomic E-state index is 11.1. The molecule has 0 amide bonds. The summed E-state index contributed by atoms with van der Waals surface area (Å²) in [6.45, 7) is 7.54. The van der Waals surface area contributed by atoms with Crippen LogP contribution in [0, 0.1) is 13.8 Å². The molecule has 0 aliphatic carbocycles. The molecule has 1 aliphatic heterocycles. The number of anilines is 1. The fourth-order valence-corrected chi connectivity index (χ4v) is 4.91. The third-order valence-corrected chi connectivity index (χ3v) is 6.72. The van der Waals surface area contributed by atoms with E-state index in [1.165, 1.54) is 22.2 Å². The van der Waals surface area contributed by atoms with Crippen molar-refractivity contribution in [2.45, 2.75) is 46.1 Å². The molecule has 1 aromatic heterocycles. The number of rotatable bonds is 7. The molecule has 0 spiro atoms. The second-order valence-electron chi connectivity index (χ2n) is 8.93. The Morgan fingerprint density at radius 1 is 1.18 bits per heavy atom. The summed E-state index contributed by atoms with van der Waals surface area (Å²) >= 11 is 0. The van der Waals surface area contributed by atoms with E-state index in [9.17, 15) is 4.79 Å². The minimum atomic E-state index is -0.800. The Morgan fingerprint density at radius 3 is 2.79 bits per heavy atom. The van der Waals surface area contributed by atoms with Gasteiger partial charge in [-0.2, -0.15) is 0 Å². The smallest absolute Gasteiger partial charge is 0.304 e. The summed E-state index contributed by atoms with van der Waals surface area (Å²) in [6.07, 6.45) is 0.946. The Hall–Kier alpha value is -3.80. The van der Waals surface area contributed by atoms with Crippen LogP contribution in [0.25, 0.3) is 16.7 Å². The summed E-state index contributed by atoms with van der Waals surface area (Å²) in [5, 5.41) is 12.6. The zero-order valence-electron chi connectivity index (χ0n) is 19.8. The van der Waals surface area contributed by atoms with Gasteiger partial charge < -0.3 is 15.2 Å². The van der Waals surface area contributed by atoms with Crippen LogP contribution in [0.15, 0.2) is 54.6 Å². The summed E-state index contributed by atoms with van der Waals surface area (Å²) < 4.78 is 8.06. The molecule has 0 radical (unpaired) electrons. The van der Waals surface area contributed by atoms with Crippen molar-refractivity contribution >= 4 is 22.7 Å². The van der Waals surface area contributed by atoms with Gasteiger partial charge in [-0.25, -0.2) is 4.98 Å². The normalized spacial score (nSPS) is 14.7. The van der Waals surface area contributed by atoms with Crippen molar-refractivity contribution in [3.8, 4) is 11.4 Å². The number of para-hydroxylation sites is 1. The van der Waals surface area contributed by atoms with E-state index in [0.717, 1.165) is 40.4 Å². The van der Waals surface area contributed by atoms with Gasteiger partial charge in [0.05, 0.1) is 29.7 Å². The molecular formula is C28H29N3O3. The molecule has 34 heavy (non-hydrogen) atoms. The predicted octanol–water partition coefficient (Wildman–Crippen LogP) is 5.77. The number of imidazole rings is 1. The molecule has 0 saturated carbocycles. The minimum absolute atomic E-state index is 0.0818. The van der Waals surface area contributed by atoms with Crippen molar-refractivity contribution in [3.63, 3.8) is 0 Å². The lowest BCUT2D eigenvalue weighted by Crippen LogP contribution is -2.07. The molecule has 174 valence electrons. The number of carboxylic acids is 1. The second-order valence-corrected chi connectivity index (χ2v) is 8.93. The van der Waals surface area contributed by atoms with Gasteiger partial charge in [-0.15, -0.1) is 0 Å². The van der Waals surface area contributed by atoms with Crippen molar-refractivity contribution < 1.29 is 14.6 Å². The number of carboxylic acid groups (broad SMARTS) is 1. The number of fused-ring (bicyclic) bond motifs is 2. The number of hydrogen-bond donors (Lipinski definition) is 2. The highest BCUT2D eigenvalue weighted by Gasteiger charge is 2.26. The summed E-state index contributed by atoms with van der Waals surface area (Å²) in [5.74, 6) is 0.951. The standard InChI is InChI=1S/C28H29N3O3/c1-4-26-30-23-9-5-7-17(2)28(23)31(26)24-10-6-8-19(18(24)3)15-29-21-11-12-22-20(13-27(32)33)16-34-25(22)14-21/h5-12,14,20,29H,4,13,15-16H2,1-3H3,(H,32,33)/t20-/m1/s1. The van der Waals surface area contributed by atoms with Gasteiger partial charge in [0.2, 0.25) is 0 Å². The number of nitrogens with zero attached hydrogens (tertiary/aromatic N) is 2. The Balaban J connectivity index is 1.42. The first-order chi connectivity index (χ1) is 16.5. The Labute approximate surface area is 199 Å². The summed E-state index contributed by atoms with van der Waals surface area (Å²) in [6, 6.07) is 18.6. The van der Waals surface area contributed by atoms with E-state index >= 15 is 0 Å². The number of carbonyl (C=O) groups is 1. The molecule has 0 fully saturated rings. The topological polar surface area (TPSA) is 76.4 Å². The number of ether oxygens (including phenoxy) is 1. The molecule has 1 aliphatic rings. The Kier molecular flexibility index (Phi) is 5.74. The molecule has 0 saturated heterocycles. The predicted molar refractivity (Wildman–Crippen MR) is 134 cm³/mol. The molecule has 2 heterocycles. The third-order valence-electron chi connectivity index (χ3n) is 6.72. The minimum Gasteiger partial charge on any atom is -0.493 e. The van der Waals surface area contributed by atoms with Crippen LogP contribution < -0.4 is 10.1 Å². The SMILES string of the molecule is CCc1nc2cccc(C)c2n1-c1cccc(CNc2ccc3c(c2)OC[C@H]3CC(=O)O)c1C. The van der Waals surface area contributed by atoms with Crippen LogP contribution in [-0.4, -0.2) is 27.2 Å². The van der Waals surface area contributed by atoms with Gasteiger partial charge in [0.25, 0.3) is 0 Å². The van der Waals surface area contributed by atoms with Crippen LogP contribution in [0.5, 0.6) is 5.75 Å². The van der Waals surface area contributed by atoms with Gasteiger partial charge in [-0.3, -0.25) is 9.36 Å². The van der Waals surface area contributed by atoms with Crippen molar-refractivity contribution in [3.05, 3.63) is 82.7 Å². The van der Waals surface area contributed by atoms with Crippen LogP contribution in [0.2, 0.25) is 0 Å². The van der Waals surface area contributed by atoms with Gasteiger partial charge in [0.1, 0.15) is 11.6 Å². The molecule has 6 heteroatoms. The first-order valence-electron chi connectivity index (χ1n) is 11.7. The molecule has 0 bridgehead atoms. The lowest BCUT2D eigenvalue weighted by atomic mass is 9.98. The molecule has 6 nitrogen and oxygen atoms in total. The van der Waals surface area contributed by atoms with Crippen molar-refractivity contribution in [1.29, 1.82) is 0 Å². The van der Waals surface area contributed by atoms with E-state index in [0.29, 0.717) is 13.2 Å². The summed E-state index contributed by atoms with van der Waals surface area (Å²) in [7, 11) is 0. The molecule has 5 rings (SSSR count). The molecular weight excluding hydrogens is 426 g/mol. The zero-order chi connectivity index (χ0) is 23.8. The lowest BCUT2D eigenvalue weighted by Gasteiger charge is -2.17. The van der Waals surface area contributed by atoms with Crippen LogP contribution >= 0.6 is 0 Å². The zero-order valence-corrected chi connectivity index (χ0v) is 19.8. The molecule has 0 unspecified atom stereocenters. The fourth-order valence-electron chi connectivity index (χ4n) is 4.91. The van der Waals surface area contributed by atoms with Crippen LogP contribution in [-0.2, 0) is 17.8 Å². The van der Waals surface area contributed by atoms with Gasteiger partial charge in [-0.1, -0.05) is 37.3 Å². The van der Waals surface area contributed by atoms with Gasteiger partial charge in [0.15, 0.2) is 0 Å². The molecule has 1 atom stereocenters. The average Bonchev–Trinajstić information content (AvgIpc) is 3.39. The highest BCUT2D eigenvalue weighted by molar-refractivity contribution is 5.82. The van der Waals surface area contributed by atoms with Crippen LogP contribution in [0.3, 0.4) is 0 Å². The first-order valence-corrected chi connectivity index (χ1v) is 11.7.